The lowest BCUT2D eigenvalue weighted by Gasteiger charge is -2.24. The van der Waals surface area contributed by atoms with E-state index in [9.17, 15) is 9.18 Å². The Bertz CT molecular complexity index is 412. The van der Waals surface area contributed by atoms with Gasteiger partial charge < -0.3 is 10.0 Å². The number of halogens is 1. The molecule has 0 saturated carbocycles. The van der Waals surface area contributed by atoms with E-state index >= 15 is 0 Å². The van der Waals surface area contributed by atoms with Gasteiger partial charge in [0.25, 0.3) is 0 Å². The van der Waals surface area contributed by atoms with Gasteiger partial charge in [-0.2, -0.15) is 0 Å². The molecule has 1 N–H and O–H groups in total. The molecular weight excluding hydrogens is 233 g/mol. The smallest absolute Gasteiger partial charge is 0.246 e. The number of rotatable bonds is 5. The summed E-state index contributed by atoms with van der Waals surface area (Å²) < 4.78 is 12.7. The maximum atomic E-state index is 12.7. The Morgan fingerprint density at radius 3 is 2.50 bits per heavy atom. The van der Waals surface area contributed by atoms with Crippen molar-refractivity contribution in [3.8, 4) is 0 Å². The first-order valence-corrected chi connectivity index (χ1v) is 5.89. The van der Waals surface area contributed by atoms with Crippen LogP contribution in [0.3, 0.4) is 0 Å². The number of carbonyl (C=O) groups excluding carboxylic acids is 1. The Kier molecular flexibility index (Phi) is 5.52. The van der Waals surface area contributed by atoms with E-state index in [2.05, 4.69) is 0 Å². The SMILES string of the molecule is CC(C)N(CCO)C(=O)/C=C/c1ccc(F)cc1. The number of aliphatic hydroxyl groups excluding tert-OH is 1. The Balaban J connectivity index is 2.70. The van der Waals surface area contributed by atoms with Crippen LogP contribution < -0.4 is 0 Å². The molecule has 1 aromatic carbocycles. The second-order valence-corrected chi connectivity index (χ2v) is 4.23. The molecule has 0 aliphatic heterocycles. The van der Waals surface area contributed by atoms with Gasteiger partial charge in [0.1, 0.15) is 5.82 Å². The number of hydrogen-bond acceptors (Lipinski definition) is 2. The molecule has 4 heteroatoms. The highest BCUT2D eigenvalue weighted by atomic mass is 19.1. The number of amides is 1. The van der Waals surface area contributed by atoms with Gasteiger partial charge in [-0.05, 0) is 37.6 Å². The third-order valence-electron chi connectivity index (χ3n) is 2.54. The lowest BCUT2D eigenvalue weighted by Crippen LogP contribution is -2.37. The molecule has 1 aromatic rings. The van der Waals surface area contributed by atoms with Crippen molar-refractivity contribution in [2.24, 2.45) is 0 Å². The van der Waals surface area contributed by atoms with Gasteiger partial charge in [-0.1, -0.05) is 12.1 Å². The topological polar surface area (TPSA) is 40.5 Å². The maximum absolute atomic E-state index is 12.7. The molecule has 0 aliphatic carbocycles. The molecule has 0 saturated heterocycles. The average molecular weight is 251 g/mol. The maximum Gasteiger partial charge on any atom is 0.246 e. The second-order valence-electron chi connectivity index (χ2n) is 4.23. The van der Waals surface area contributed by atoms with Crippen LogP contribution in [0.2, 0.25) is 0 Å². The van der Waals surface area contributed by atoms with Crippen LogP contribution >= 0.6 is 0 Å². The third-order valence-corrected chi connectivity index (χ3v) is 2.54. The zero-order valence-electron chi connectivity index (χ0n) is 10.6. The molecule has 0 heterocycles. The van der Waals surface area contributed by atoms with Crippen LogP contribution in [0.5, 0.6) is 0 Å². The van der Waals surface area contributed by atoms with Crippen LogP contribution in [0, 0.1) is 5.82 Å². The monoisotopic (exact) mass is 251 g/mol. The summed E-state index contributed by atoms with van der Waals surface area (Å²) in [5.41, 5.74) is 0.762. The molecule has 98 valence electrons. The van der Waals surface area contributed by atoms with Crippen molar-refractivity contribution in [2.45, 2.75) is 19.9 Å². The predicted octanol–water partition coefficient (Wildman–Crippen LogP) is 2.07. The summed E-state index contributed by atoms with van der Waals surface area (Å²) in [6.07, 6.45) is 3.07. The summed E-state index contributed by atoms with van der Waals surface area (Å²) >= 11 is 0. The third kappa shape index (κ3) is 4.30. The highest BCUT2D eigenvalue weighted by Gasteiger charge is 2.12. The number of carbonyl (C=O) groups is 1. The molecule has 18 heavy (non-hydrogen) atoms. The molecule has 0 unspecified atom stereocenters. The van der Waals surface area contributed by atoms with Crippen LogP contribution in [0.15, 0.2) is 30.3 Å². The zero-order valence-corrected chi connectivity index (χ0v) is 10.6. The van der Waals surface area contributed by atoms with Crippen LogP contribution in [0.1, 0.15) is 19.4 Å². The van der Waals surface area contributed by atoms with Crippen molar-refractivity contribution in [1.29, 1.82) is 0 Å². The normalized spacial score (nSPS) is 11.2. The Hall–Kier alpha value is -1.68. The van der Waals surface area contributed by atoms with E-state index in [0.29, 0.717) is 6.54 Å². The molecule has 0 radical (unpaired) electrons. The Morgan fingerprint density at radius 2 is 2.00 bits per heavy atom. The van der Waals surface area contributed by atoms with Gasteiger partial charge in [0.2, 0.25) is 5.91 Å². The molecule has 0 bridgehead atoms. The summed E-state index contributed by atoms with van der Waals surface area (Å²) in [4.78, 5) is 13.4. The predicted molar refractivity (Wildman–Crippen MR) is 69.4 cm³/mol. The first kappa shape index (κ1) is 14.4. The highest BCUT2D eigenvalue weighted by Crippen LogP contribution is 2.06. The van der Waals surface area contributed by atoms with Gasteiger partial charge >= 0.3 is 0 Å². The fraction of sp³-hybridized carbons (Fsp3) is 0.357. The molecule has 0 spiro atoms. The van der Waals surface area contributed by atoms with Gasteiger partial charge in [0.05, 0.1) is 6.61 Å². The second kappa shape index (κ2) is 6.91. The van der Waals surface area contributed by atoms with Gasteiger partial charge in [-0.25, -0.2) is 4.39 Å². The quantitative estimate of drug-likeness (QED) is 0.814. The van der Waals surface area contributed by atoms with E-state index in [1.54, 1.807) is 23.1 Å². The van der Waals surface area contributed by atoms with Crippen LogP contribution in [0.25, 0.3) is 6.08 Å². The molecule has 0 aromatic heterocycles. The average Bonchev–Trinajstić information content (AvgIpc) is 2.34. The first-order chi connectivity index (χ1) is 8.54. The minimum atomic E-state index is -0.303. The fourth-order valence-corrected chi connectivity index (χ4v) is 1.57. The van der Waals surface area contributed by atoms with Crippen molar-refractivity contribution in [3.63, 3.8) is 0 Å². The van der Waals surface area contributed by atoms with E-state index in [0.717, 1.165) is 5.56 Å². The summed E-state index contributed by atoms with van der Waals surface area (Å²) in [5.74, 6) is -0.467. The number of benzene rings is 1. The first-order valence-electron chi connectivity index (χ1n) is 5.89. The lowest BCUT2D eigenvalue weighted by atomic mass is 10.2. The van der Waals surface area contributed by atoms with Gasteiger partial charge in [0, 0.05) is 18.7 Å². The summed E-state index contributed by atoms with van der Waals surface area (Å²) in [6, 6.07) is 5.92. The summed E-state index contributed by atoms with van der Waals surface area (Å²) in [6.45, 7) is 4.02. The van der Waals surface area contributed by atoms with Crippen molar-refractivity contribution < 1.29 is 14.3 Å². The minimum Gasteiger partial charge on any atom is -0.395 e. The zero-order chi connectivity index (χ0) is 13.5. The molecule has 0 aliphatic rings. The Morgan fingerprint density at radius 1 is 1.39 bits per heavy atom. The number of nitrogens with zero attached hydrogens (tertiary/aromatic N) is 1. The molecule has 0 fully saturated rings. The van der Waals surface area contributed by atoms with Crippen LogP contribution in [-0.4, -0.2) is 35.1 Å². The molecule has 0 atom stereocenters. The van der Waals surface area contributed by atoms with Crippen molar-refractivity contribution in [2.75, 3.05) is 13.2 Å². The van der Waals surface area contributed by atoms with E-state index in [1.807, 2.05) is 13.8 Å². The number of hydrogen-bond donors (Lipinski definition) is 1. The van der Waals surface area contributed by atoms with E-state index in [4.69, 9.17) is 5.11 Å². The molecule has 3 nitrogen and oxygen atoms in total. The largest absolute Gasteiger partial charge is 0.395 e. The van der Waals surface area contributed by atoms with E-state index in [1.165, 1.54) is 18.2 Å². The van der Waals surface area contributed by atoms with Gasteiger partial charge in [-0.3, -0.25) is 4.79 Å². The standard InChI is InChI=1S/C14H18FNO2/c1-11(2)16(9-10-17)14(18)8-5-12-3-6-13(15)7-4-12/h3-8,11,17H,9-10H2,1-2H3/b8-5+. The minimum absolute atomic E-state index is 0.0301. The van der Waals surface area contributed by atoms with Gasteiger partial charge in [-0.15, -0.1) is 0 Å². The number of aliphatic hydroxyl groups is 1. The molecule has 1 rings (SSSR count). The molecule has 1 amide bonds. The van der Waals surface area contributed by atoms with Crippen molar-refractivity contribution in [1.82, 2.24) is 4.90 Å². The Labute approximate surface area is 107 Å². The fourth-order valence-electron chi connectivity index (χ4n) is 1.57. The van der Waals surface area contributed by atoms with E-state index in [-0.39, 0.29) is 24.4 Å². The highest BCUT2D eigenvalue weighted by molar-refractivity contribution is 5.91. The van der Waals surface area contributed by atoms with Crippen molar-refractivity contribution >= 4 is 12.0 Å². The van der Waals surface area contributed by atoms with Gasteiger partial charge in [0.15, 0.2) is 0 Å². The summed E-state index contributed by atoms with van der Waals surface area (Å²) in [7, 11) is 0. The van der Waals surface area contributed by atoms with Crippen LogP contribution in [0.4, 0.5) is 4.39 Å². The summed E-state index contributed by atoms with van der Waals surface area (Å²) in [5, 5.41) is 8.89. The molecular formula is C14H18FNO2. The van der Waals surface area contributed by atoms with Crippen molar-refractivity contribution in [3.05, 3.63) is 41.7 Å². The lowest BCUT2D eigenvalue weighted by molar-refractivity contribution is -0.128. The van der Waals surface area contributed by atoms with Crippen LogP contribution in [-0.2, 0) is 4.79 Å². The van der Waals surface area contributed by atoms with E-state index < -0.39 is 0 Å².